The highest BCUT2D eigenvalue weighted by molar-refractivity contribution is 8.00. The summed E-state index contributed by atoms with van der Waals surface area (Å²) >= 11 is 13.9. The van der Waals surface area contributed by atoms with Crippen molar-refractivity contribution in [3.05, 3.63) is 0 Å². The van der Waals surface area contributed by atoms with Gasteiger partial charge in [-0.25, -0.2) is 8.61 Å². The van der Waals surface area contributed by atoms with Crippen LogP contribution in [0.5, 0.6) is 0 Å². The van der Waals surface area contributed by atoms with Crippen LogP contribution < -0.4 is 0 Å². The molecule has 0 bridgehead atoms. The minimum absolute atomic E-state index is 0.345. The quantitative estimate of drug-likeness (QED) is 0.321. The summed E-state index contributed by atoms with van der Waals surface area (Å²) in [6, 6.07) is -0.906. The van der Waals surface area contributed by atoms with Crippen LogP contribution in [0.4, 0.5) is 0 Å². The molecule has 2 rings (SSSR count). The van der Waals surface area contributed by atoms with E-state index in [9.17, 15) is 14.4 Å². The summed E-state index contributed by atoms with van der Waals surface area (Å²) in [6.45, 7) is 0. The van der Waals surface area contributed by atoms with Gasteiger partial charge in [-0.05, 0) is 26.0 Å². The Balaban J connectivity index is 2.48. The number of Topliss-reactive ketones (excluding diaryl/α,β-unsaturated/α-hetero) is 2. The Morgan fingerprint density at radius 1 is 1.22 bits per heavy atom. The minimum atomic E-state index is -1.56. The summed E-state index contributed by atoms with van der Waals surface area (Å²) in [6.07, 6.45) is 0.499. The molecule has 4 atom stereocenters. The first-order chi connectivity index (χ1) is 8.36. The summed E-state index contributed by atoms with van der Waals surface area (Å²) in [7, 11) is 3.21. The first kappa shape index (κ1) is 14.6. The molecule has 100 valence electrons. The predicted octanol–water partition coefficient (Wildman–Crippen LogP) is 0.748. The molecular weight excluding hydrogens is 319 g/mol. The second-order valence-electron chi connectivity index (χ2n) is 4.00. The summed E-state index contributed by atoms with van der Waals surface area (Å²) < 4.78 is 1.37. The van der Waals surface area contributed by atoms with Crippen molar-refractivity contribution in [1.29, 1.82) is 0 Å². The molecule has 2 aliphatic rings. The molecule has 2 fully saturated rings. The number of hydrogen-bond acceptors (Lipinski definition) is 7. The Hall–Kier alpha value is 0.210. The molecule has 2 saturated heterocycles. The van der Waals surface area contributed by atoms with Crippen LogP contribution in [0, 0.1) is 0 Å². The molecule has 0 aromatic carbocycles. The van der Waals surface area contributed by atoms with Gasteiger partial charge in [0, 0.05) is 0 Å². The maximum Gasteiger partial charge on any atom is 0.192 e. The van der Waals surface area contributed by atoms with E-state index in [4.69, 9.17) is 23.2 Å². The fraction of sp³-hybridized carbons (Fsp3) is 0.667. The van der Waals surface area contributed by atoms with Crippen molar-refractivity contribution < 1.29 is 14.4 Å². The second kappa shape index (κ2) is 4.96. The Morgan fingerprint density at radius 3 is 2.17 bits per heavy atom. The Kier molecular flexibility index (Phi) is 4.02. The monoisotopic (exact) mass is 328 g/mol. The van der Waals surface area contributed by atoms with E-state index in [0.717, 1.165) is 23.9 Å². The van der Waals surface area contributed by atoms with E-state index in [1.165, 1.54) is 4.31 Å². The zero-order chi connectivity index (χ0) is 13.7. The Bertz CT molecular complexity index is 425. The van der Waals surface area contributed by atoms with E-state index in [1.54, 1.807) is 18.4 Å². The molecule has 0 amide bonds. The molecule has 2 aliphatic heterocycles. The minimum Gasteiger partial charge on any atom is -0.301 e. The number of likely N-dealkylation sites (N-methyl/N-ethyl adjacent to an activating group) is 2. The van der Waals surface area contributed by atoms with Crippen LogP contribution in [0.2, 0.25) is 0 Å². The lowest BCUT2D eigenvalue weighted by Gasteiger charge is -2.34. The van der Waals surface area contributed by atoms with Crippen LogP contribution in [0.25, 0.3) is 0 Å². The number of aldehydes is 1. The zero-order valence-corrected chi connectivity index (χ0v) is 12.6. The molecular formula is C9H10Cl2N2O3S2. The van der Waals surface area contributed by atoms with Crippen molar-refractivity contribution in [2.75, 3.05) is 14.1 Å². The lowest BCUT2D eigenvalue weighted by molar-refractivity contribution is -0.138. The van der Waals surface area contributed by atoms with E-state index in [-0.39, 0.29) is 5.78 Å². The number of ketones is 2. The number of rotatable bonds is 2. The average molecular weight is 329 g/mol. The van der Waals surface area contributed by atoms with Crippen molar-refractivity contribution in [2.24, 2.45) is 0 Å². The summed E-state index contributed by atoms with van der Waals surface area (Å²) in [5.41, 5.74) is -1.56. The van der Waals surface area contributed by atoms with Crippen molar-refractivity contribution in [3.8, 4) is 0 Å². The van der Waals surface area contributed by atoms with Gasteiger partial charge in [-0.2, -0.15) is 0 Å². The van der Waals surface area contributed by atoms with Gasteiger partial charge in [0.2, 0.25) is 0 Å². The van der Waals surface area contributed by atoms with Crippen LogP contribution in [-0.4, -0.2) is 61.6 Å². The van der Waals surface area contributed by atoms with Crippen molar-refractivity contribution in [2.45, 2.75) is 21.0 Å². The van der Waals surface area contributed by atoms with Crippen LogP contribution in [0.1, 0.15) is 0 Å². The van der Waals surface area contributed by atoms with E-state index >= 15 is 0 Å². The largest absolute Gasteiger partial charge is 0.301 e. The van der Waals surface area contributed by atoms with Gasteiger partial charge >= 0.3 is 0 Å². The van der Waals surface area contributed by atoms with Gasteiger partial charge in [0.15, 0.2) is 32.8 Å². The Labute approximate surface area is 123 Å². The predicted molar refractivity (Wildman–Crippen MR) is 72.6 cm³/mol. The molecule has 18 heavy (non-hydrogen) atoms. The van der Waals surface area contributed by atoms with Gasteiger partial charge in [0.1, 0.15) is 6.04 Å². The van der Waals surface area contributed by atoms with Crippen LogP contribution >= 0.6 is 47.1 Å². The highest BCUT2D eigenvalue weighted by atomic mass is 35.5. The SMILES string of the molecule is CN1SC(Cl)C(=O)C1C1(C=O)C(=O)C(Cl)SN1C. The smallest absolute Gasteiger partial charge is 0.192 e. The first-order valence-corrected chi connectivity index (χ1v) is 7.53. The second-order valence-corrected chi connectivity index (χ2v) is 7.88. The van der Waals surface area contributed by atoms with Crippen molar-refractivity contribution in [3.63, 3.8) is 0 Å². The third-order valence-electron chi connectivity index (χ3n) is 3.08. The van der Waals surface area contributed by atoms with Gasteiger partial charge < -0.3 is 4.79 Å². The van der Waals surface area contributed by atoms with Gasteiger partial charge in [-0.15, -0.1) is 23.2 Å². The number of carbonyl (C=O) groups excluding carboxylic acids is 3. The van der Waals surface area contributed by atoms with Gasteiger partial charge in [-0.3, -0.25) is 9.59 Å². The molecule has 0 saturated carbocycles. The molecule has 9 heteroatoms. The normalized spacial score (nSPS) is 42.8. The zero-order valence-electron chi connectivity index (χ0n) is 9.50. The molecule has 0 spiro atoms. The van der Waals surface area contributed by atoms with E-state index in [0.29, 0.717) is 6.29 Å². The topological polar surface area (TPSA) is 57.7 Å². The average Bonchev–Trinajstić information content (AvgIpc) is 2.67. The fourth-order valence-corrected chi connectivity index (χ4v) is 5.08. The summed E-state index contributed by atoms with van der Waals surface area (Å²) in [4.78, 5) is 35.8. The fourth-order valence-electron chi connectivity index (χ4n) is 2.17. The maximum absolute atomic E-state index is 12.2. The Morgan fingerprint density at radius 2 is 1.83 bits per heavy atom. The lowest BCUT2D eigenvalue weighted by Crippen LogP contribution is -2.62. The van der Waals surface area contributed by atoms with Crippen molar-refractivity contribution in [1.82, 2.24) is 8.61 Å². The number of alkyl halides is 2. The number of carbonyl (C=O) groups is 3. The standard InChI is InChI=1S/C9H10Cl2N2O3S2/c1-12-5(4(15)7(10)17-12)9(3-14)6(16)8(11)18-13(9)2/h3,5,7-8H,1-2H3. The van der Waals surface area contributed by atoms with E-state index in [2.05, 4.69) is 0 Å². The van der Waals surface area contributed by atoms with E-state index in [1.807, 2.05) is 0 Å². The van der Waals surface area contributed by atoms with Crippen molar-refractivity contribution >= 4 is 65.0 Å². The highest BCUT2D eigenvalue weighted by Gasteiger charge is 2.63. The maximum atomic E-state index is 12.2. The molecule has 0 N–H and O–H groups in total. The molecule has 0 aliphatic carbocycles. The third kappa shape index (κ3) is 1.83. The molecule has 0 radical (unpaired) electrons. The number of nitrogens with zero attached hydrogens (tertiary/aromatic N) is 2. The third-order valence-corrected chi connectivity index (χ3v) is 5.95. The van der Waals surface area contributed by atoms with Gasteiger partial charge in [0.25, 0.3) is 0 Å². The summed E-state index contributed by atoms with van der Waals surface area (Å²) in [5.74, 6) is -0.814. The molecule has 0 aromatic heterocycles. The van der Waals surface area contributed by atoms with Crippen LogP contribution in [-0.2, 0) is 14.4 Å². The number of hydrogen-bond donors (Lipinski definition) is 0. The molecule has 4 unspecified atom stereocenters. The molecule has 0 aromatic rings. The lowest BCUT2D eigenvalue weighted by atomic mass is 9.85. The first-order valence-electron chi connectivity index (χ1n) is 4.99. The molecule has 5 nitrogen and oxygen atoms in total. The van der Waals surface area contributed by atoms with Crippen LogP contribution in [0.15, 0.2) is 0 Å². The summed E-state index contributed by atoms with van der Waals surface area (Å²) in [5, 5.41) is 0. The molecule has 2 heterocycles. The van der Waals surface area contributed by atoms with E-state index < -0.39 is 26.8 Å². The van der Waals surface area contributed by atoms with Crippen LogP contribution in [0.3, 0.4) is 0 Å². The van der Waals surface area contributed by atoms with Gasteiger partial charge in [-0.1, -0.05) is 11.9 Å². The highest BCUT2D eigenvalue weighted by Crippen LogP contribution is 2.46. The van der Waals surface area contributed by atoms with Gasteiger partial charge in [0.05, 0.1) is 0 Å². The number of halogens is 2.